The lowest BCUT2D eigenvalue weighted by atomic mass is 9.83. The van der Waals surface area contributed by atoms with E-state index in [-0.39, 0.29) is 17.3 Å². The molecule has 0 aliphatic carbocycles. The summed E-state index contributed by atoms with van der Waals surface area (Å²) in [7, 11) is 0. The predicted molar refractivity (Wildman–Crippen MR) is 89.8 cm³/mol. The quantitative estimate of drug-likeness (QED) is 0.886. The highest BCUT2D eigenvalue weighted by molar-refractivity contribution is 5.91. The lowest BCUT2D eigenvalue weighted by Gasteiger charge is -2.52. The summed E-state index contributed by atoms with van der Waals surface area (Å²) in [6, 6.07) is 7.57. The maximum absolute atomic E-state index is 11.9. The van der Waals surface area contributed by atoms with Gasteiger partial charge in [-0.3, -0.25) is 14.7 Å². The molecule has 0 saturated carbocycles. The van der Waals surface area contributed by atoms with Gasteiger partial charge >= 0.3 is 0 Å². The lowest BCUT2D eigenvalue weighted by molar-refractivity contribution is -0.181. The molecule has 1 N–H and O–H groups in total. The molecule has 4 heterocycles. The Morgan fingerprint density at radius 2 is 2.24 bits per heavy atom. The number of nitrogens with one attached hydrogen (secondary N) is 1. The molecule has 2 aromatic rings. The Hall–Kier alpha value is -2.25. The molecule has 2 aliphatic rings. The first kappa shape index (κ1) is 16.2. The second kappa shape index (κ2) is 6.93. The third kappa shape index (κ3) is 3.72. The van der Waals surface area contributed by atoms with Gasteiger partial charge in [0, 0.05) is 38.4 Å². The molecular weight excluding hydrogens is 320 g/mol. The topological polar surface area (TPSA) is 80.5 Å². The molecule has 2 fully saturated rings. The van der Waals surface area contributed by atoms with Crippen LogP contribution < -0.4 is 5.32 Å². The van der Waals surface area contributed by atoms with Crippen molar-refractivity contribution in [2.45, 2.75) is 25.0 Å². The molecule has 25 heavy (non-hydrogen) atoms. The fraction of sp³-hybridized carbons (Fsp3) is 0.500. The number of aromatic nitrogens is 2. The van der Waals surface area contributed by atoms with Crippen LogP contribution in [0, 0.1) is 5.92 Å². The van der Waals surface area contributed by atoms with Crippen LogP contribution in [-0.2, 0) is 11.3 Å². The number of carbonyl (C=O) groups is 1. The van der Waals surface area contributed by atoms with Crippen molar-refractivity contribution in [3.8, 4) is 0 Å². The third-order valence-corrected chi connectivity index (χ3v) is 4.98. The molecule has 132 valence electrons. The van der Waals surface area contributed by atoms with E-state index in [1.807, 2.05) is 18.3 Å². The summed E-state index contributed by atoms with van der Waals surface area (Å²) in [5.41, 5.74) is 1.10. The van der Waals surface area contributed by atoms with E-state index in [2.05, 4.69) is 26.4 Å². The average Bonchev–Trinajstić information content (AvgIpc) is 3.15. The third-order valence-electron chi connectivity index (χ3n) is 4.98. The smallest absolute Gasteiger partial charge is 0.289 e. The summed E-state index contributed by atoms with van der Waals surface area (Å²) in [5.74, 6) is 0.377. The molecule has 1 unspecified atom stereocenters. The van der Waals surface area contributed by atoms with Crippen LogP contribution in [0.1, 0.15) is 29.1 Å². The van der Waals surface area contributed by atoms with Gasteiger partial charge < -0.3 is 14.6 Å². The Morgan fingerprint density at radius 3 is 2.92 bits per heavy atom. The van der Waals surface area contributed by atoms with E-state index >= 15 is 0 Å². The highest BCUT2D eigenvalue weighted by Crippen LogP contribution is 2.36. The monoisotopic (exact) mass is 342 g/mol. The maximum Gasteiger partial charge on any atom is 0.289 e. The Kier molecular flexibility index (Phi) is 4.50. The number of pyridine rings is 1. The number of nitrogens with zero attached hydrogens (tertiary/aromatic N) is 3. The van der Waals surface area contributed by atoms with Crippen molar-refractivity contribution in [1.29, 1.82) is 0 Å². The minimum Gasteiger partial charge on any atom is -0.372 e. The molecule has 2 saturated heterocycles. The van der Waals surface area contributed by atoms with E-state index < -0.39 is 0 Å². The standard InChI is InChI=1S/C18H22N4O3/c23-17(16-5-8-21-25-16)20-9-14-4-6-18(24-11-14)12-22(13-18)10-15-3-1-2-7-19-15/h1-3,5,7-8,14H,4,6,9-13H2,(H,20,23). The Balaban J connectivity index is 1.19. The molecule has 0 bridgehead atoms. The van der Waals surface area contributed by atoms with Gasteiger partial charge in [-0.1, -0.05) is 11.2 Å². The fourth-order valence-electron chi connectivity index (χ4n) is 3.59. The number of ether oxygens (including phenoxy) is 1. The van der Waals surface area contributed by atoms with Crippen LogP contribution >= 0.6 is 0 Å². The molecule has 2 aromatic heterocycles. The summed E-state index contributed by atoms with van der Waals surface area (Å²) in [5, 5.41) is 6.43. The zero-order valence-electron chi connectivity index (χ0n) is 14.1. The van der Waals surface area contributed by atoms with Gasteiger partial charge in [-0.05, 0) is 30.9 Å². The molecule has 7 nitrogen and oxygen atoms in total. The molecule has 1 amide bonds. The zero-order chi connectivity index (χ0) is 17.1. The number of amides is 1. The number of likely N-dealkylation sites (tertiary alicyclic amines) is 1. The van der Waals surface area contributed by atoms with Crippen molar-refractivity contribution in [3.05, 3.63) is 48.1 Å². The maximum atomic E-state index is 11.9. The van der Waals surface area contributed by atoms with Crippen molar-refractivity contribution >= 4 is 5.91 Å². The first-order chi connectivity index (χ1) is 12.2. The van der Waals surface area contributed by atoms with Crippen molar-refractivity contribution in [2.75, 3.05) is 26.2 Å². The zero-order valence-corrected chi connectivity index (χ0v) is 14.1. The van der Waals surface area contributed by atoms with E-state index in [0.29, 0.717) is 19.1 Å². The summed E-state index contributed by atoms with van der Waals surface area (Å²) in [4.78, 5) is 18.6. The second-order valence-electron chi connectivity index (χ2n) is 6.95. The largest absolute Gasteiger partial charge is 0.372 e. The van der Waals surface area contributed by atoms with E-state index in [1.54, 1.807) is 6.07 Å². The fourth-order valence-corrected chi connectivity index (χ4v) is 3.59. The number of carbonyl (C=O) groups excluding carboxylic acids is 1. The van der Waals surface area contributed by atoms with Gasteiger partial charge in [-0.25, -0.2) is 0 Å². The van der Waals surface area contributed by atoms with Crippen LogP contribution in [0.5, 0.6) is 0 Å². The number of rotatable bonds is 5. The van der Waals surface area contributed by atoms with E-state index in [9.17, 15) is 4.79 Å². The van der Waals surface area contributed by atoms with Gasteiger partial charge in [-0.15, -0.1) is 0 Å². The van der Waals surface area contributed by atoms with E-state index in [0.717, 1.165) is 38.2 Å². The summed E-state index contributed by atoms with van der Waals surface area (Å²) in [6.07, 6.45) is 5.40. The van der Waals surface area contributed by atoms with Crippen LogP contribution in [0.4, 0.5) is 0 Å². The van der Waals surface area contributed by atoms with Crippen LogP contribution in [0.25, 0.3) is 0 Å². The lowest BCUT2D eigenvalue weighted by Crippen LogP contribution is -2.64. The summed E-state index contributed by atoms with van der Waals surface area (Å²) >= 11 is 0. The van der Waals surface area contributed by atoms with Crippen LogP contribution in [0.3, 0.4) is 0 Å². The normalized spacial score (nSPS) is 22.5. The first-order valence-electron chi connectivity index (χ1n) is 8.68. The van der Waals surface area contributed by atoms with Crippen molar-refractivity contribution in [2.24, 2.45) is 5.92 Å². The van der Waals surface area contributed by atoms with Crippen molar-refractivity contribution < 1.29 is 14.1 Å². The van der Waals surface area contributed by atoms with Gasteiger partial charge in [0.2, 0.25) is 5.76 Å². The Bertz CT molecular complexity index is 688. The molecule has 1 spiro atoms. The van der Waals surface area contributed by atoms with Crippen molar-refractivity contribution in [3.63, 3.8) is 0 Å². The Morgan fingerprint density at radius 1 is 1.32 bits per heavy atom. The average molecular weight is 342 g/mol. The van der Waals surface area contributed by atoms with Crippen LogP contribution in [0.15, 0.2) is 41.2 Å². The van der Waals surface area contributed by atoms with Gasteiger partial charge in [0.15, 0.2) is 0 Å². The Labute approximate surface area is 146 Å². The predicted octanol–water partition coefficient (Wildman–Crippen LogP) is 1.48. The van der Waals surface area contributed by atoms with Crippen LogP contribution in [-0.4, -0.2) is 52.8 Å². The minimum atomic E-state index is -0.219. The first-order valence-corrected chi connectivity index (χ1v) is 8.68. The molecule has 4 rings (SSSR count). The summed E-state index contributed by atoms with van der Waals surface area (Å²) < 4.78 is 11.0. The molecular formula is C18H22N4O3. The summed E-state index contributed by atoms with van der Waals surface area (Å²) in [6.45, 7) is 4.09. The van der Waals surface area contributed by atoms with E-state index in [1.165, 1.54) is 6.20 Å². The molecule has 0 aromatic carbocycles. The second-order valence-corrected chi connectivity index (χ2v) is 6.95. The highest BCUT2D eigenvalue weighted by Gasteiger charge is 2.46. The molecule has 2 aliphatic heterocycles. The van der Waals surface area contributed by atoms with Gasteiger partial charge in [0.1, 0.15) is 0 Å². The van der Waals surface area contributed by atoms with Gasteiger partial charge in [0.25, 0.3) is 5.91 Å². The molecule has 7 heteroatoms. The van der Waals surface area contributed by atoms with E-state index in [4.69, 9.17) is 9.26 Å². The number of hydrogen-bond donors (Lipinski definition) is 1. The SMILES string of the molecule is O=C(NCC1CCC2(CN(Cc3ccccn3)C2)OC1)c1ccno1. The highest BCUT2D eigenvalue weighted by atomic mass is 16.5. The van der Waals surface area contributed by atoms with Gasteiger partial charge in [0.05, 0.1) is 24.1 Å². The van der Waals surface area contributed by atoms with Gasteiger partial charge in [-0.2, -0.15) is 0 Å². The minimum absolute atomic E-state index is 0.000219. The van der Waals surface area contributed by atoms with Crippen molar-refractivity contribution in [1.82, 2.24) is 20.4 Å². The molecule has 0 radical (unpaired) electrons. The molecule has 1 atom stereocenters. The van der Waals surface area contributed by atoms with Crippen LogP contribution in [0.2, 0.25) is 0 Å². The number of hydrogen-bond acceptors (Lipinski definition) is 6.